The van der Waals surface area contributed by atoms with Crippen LogP contribution >= 0.6 is 35.6 Å². The van der Waals surface area contributed by atoms with Crippen LogP contribution in [0.25, 0.3) is 0 Å². The minimum Gasteiger partial charge on any atom is -0.480 e. The number of hydrogen-bond donors (Lipinski definition) is 3. The minimum atomic E-state index is -1.06. The Morgan fingerprint density at radius 3 is 2.50 bits per heavy atom. The lowest BCUT2D eigenvalue weighted by Crippen LogP contribution is -2.54. The Labute approximate surface area is 190 Å². The highest BCUT2D eigenvalue weighted by Crippen LogP contribution is 2.46. The number of carbonyl (C=O) groups is 2. The number of hydrogen-bond acceptors (Lipinski definition) is 4. The number of fused-ring (bicyclic) bond motifs is 1. The smallest absolute Gasteiger partial charge is 0.328 e. The lowest BCUT2D eigenvalue weighted by atomic mass is 9.81. The van der Waals surface area contributed by atoms with Crippen molar-refractivity contribution in [1.29, 1.82) is 0 Å². The number of halogens is 3. The van der Waals surface area contributed by atoms with Gasteiger partial charge in [0.1, 0.15) is 6.04 Å². The summed E-state index contributed by atoms with van der Waals surface area (Å²) in [5.41, 5.74) is 10.9. The first kappa shape index (κ1) is 23.7. The fourth-order valence-electron chi connectivity index (χ4n) is 3.57. The van der Waals surface area contributed by atoms with E-state index in [4.69, 9.17) is 28.9 Å². The summed E-state index contributed by atoms with van der Waals surface area (Å²) < 4.78 is 0. The maximum Gasteiger partial charge on any atom is 0.328 e. The first-order valence-electron chi connectivity index (χ1n) is 8.87. The third kappa shape index (κ3) is 4.93. The van der Waals surface area contributed by atoms with Gasteiger partial charge >= 0.3 is 5.97 Å². The zero-order chi connectivity index (χ0) is 21.1. The van der Waals surface area contributed by atoms with Gasteiger partial charge in [-0.1, -0.05) is 53.4 Å². The first-order chi connectivity index (χ1) is 13.8. The van der Waals surface area contributed by atoms with Gasteiger partial charge in [-0.25, -0.2) is 4.79 Å². The Hall–Kier alpha value is -2.59. The summed E-state index contributed by atoms with van der Waals surface area (Å²) in [4.78, 5) is 23.7. The number of nitrogens with zero attached hydrogens (tertiary/aromatic N) is 1. The number of benzene rings is 2. The van der Waals surface area contributed by atoms with Crippen molar-refractivity contribution in [3.05, 3.63) is 63.1 Å². The Morgan fingerprint density at radius 2 is 1.93 bits per heavy atom. The number of carboxylic acid groups (broad SMARTS) is 1. The average Bonchev–Trinajstić information content (AvgIpc) is 2.66. The Kier molecular flexibility index (Phi) is 7.85. The van der Waals surface area contributed by atoms with Crippen LogP contribution in [0.15, 0.2) is 36.4 Å². The summed E-state index contributed by atoms with van der Waals surface area (Å²) in [7, 11) is 0. The molecule has 0 saturated heterocycles. The molecule has 3 rings (SSSR count). The van der Waals surface area contributed by atoms with E-state index in [1.54, 1.807) is 12.1 Å². The van der Waals surface area contributed by atoms with Gasteiger partial charge in [-0.2, -0.15) is 0 Å². The molecule has 0 saturated carbocycles. The maximum atomic E-state index is 12.0. The van der Waals surface area contributed by atoms with Gasteiger partial charge in [0, 0.05) is 40.9 Å². The van der Waals surface area contributed by atoms with Crippen molar-refractivity contribution >= 4 is 53.2 Å². The predicted octanol–water partition coefficient (Wildman–Crippen LogP) is 3.72. The van der Waals surface area contributed by atoms with E-state index >= 15 is 0 Å². The van der Waals surface area contributed by atoms with Gasteiger partial charge in [0.05, 0.1) is 5.69 Å². The number of nitrogens with one attached hydrogen (secondary N) is 1. The number of carbonyl (C=O) groups excluding carboxylic acids is 1. The van der Waals surface area contributed by atoms with Crippen molar-refractivity contribution in [3.8, 4) is 12.0 Å². The van der Waals surface area contributed by atoms with Crippen LogP contribution in [0.1, 0.15) is 36.0 Å². The molecule has 4 N–H and O–H groups in total. The SMILES string of the molecule is CC(=O)NN1c2cc(Cl)cc(Cl)c2[C@H](c2ccc(CC#CN)cc2)C[C@H]1C(=O)O.Cl. The second-order valence-electron chi connectivity index (χ2n) is 6.74. The van der Waals surface area contributed by atoms with Crippen LogP contribution in [0.3, 0.4) is 0 Å². The summed E-state index contributed by atoms with van der Waals surface area (Å²) in [6.45, 7) is 1.32. The lowest BCUT2D eigenvalue weighted by Gasteiger charge is -2.40. The zero-order valence-electron chi connectivity index (χ0n) is 16.0. The molecule has 0 aliphatic carbocycles. The Morgan fingerprint density at radius 1 is 1.27 bits per heavy atom. The maximum absolute atomic E-state index is 12.0. The highest BCUT2D eigenvalue weighted by Gasteiger charge is 2.39. The van der Waals surface area contributed by atoms with Gasteiger partial charge in [-0.3, -0.25) is 15.2 Å². The fraction of sp³-hybridized carbons (Fsp3) is 0.238. The molecule has 2 atom stereocenters. The second-order valence-corrected chi connectivity index (χ2v) is 7.58. The van der Waals surface area contributed by atoms with E-state index in [0.29, 0.717) is 22.2 Å². The molecule has 0 unspecified atom stereocenters. The van der Waals surface area contributed by atoms with Crippen molar-refractivity contribution in [2.24, 2.45) is 5.73 Å². The molecule has 30 heavy (non-hydrogen) atoms. The molecule has 0 aromatic heterocycles. The van der Waals surface area contributed by atoms with Gasteiger partial charge in [0.25, 0.3) is 0 Å². The molecule has 0 radical (unpaired) electrons. The topological polar surface area (TPSA) is 95.7 Å². The van der Waals surface area contributed by atoms with E-state index in [1.807, 2.05) is 24.3 Å². The van der Waals surface area contributed by atoms with Crippen molar-refractivity contribution in [1.82, 2.24) is 5.43 Å². The van der Waals surface area contributed by atoms with E-state index in [0.717, 1.165) is 16.7 Å². The van der Waals surface area contributed by atoms with E-state index in [-0.39, 0.29) is 30.7 Å². The molecule has 1 heterocycles. The Bertz CT molecular complexity index is 1020. The molecule has 2 aromatic rings. The molecular weight excluding hydrogens is 449 g/mol. The van der Waals surface area contributed by atoms with Crippen LogP contribution in [-0.2, 0) is 16.0 Å². The number of rotatable bonds is 4. The number of hydrazine groups is 1. The van der Waals surface area contributed by atoms with Crippen LogP contribution in [0, 0.1) is 12.0 Å². The van der Waals surface area contributed by atoms with Crippen LogP contribution in [0.5, 0.6) is 0 Å². The molecule has 1 aliphatic heterocycles. The van der Waals surface area contributed by atoms with E-state index in [2.05, 4.69) is 17.4 Å². The molecule has 1 amide bonds. The fourth-order valence-corrected chi connectivity index (χ4v) is 4.19. The van der Waals surface area contributed by atoms with Gasteiger partial charge in [0.2, 0.25) is 5.91 Å². The number of aliphatic carboxylic acids is 1. The summed E-state index contributed by atoms with van der Waals surface area (Å²) in [6.07, 6.45) is 0.758. The minimum absolute atomic E-state index is 0. The number of amides is 1. The van der Waals surface area contributed by atoms with Gasteiger partial charge in [-0.15, -0.1) is 12.4 Å². The van der Waals surface area contributed by atoms with Crippen LogP contribution < -0.4 is 16.2 Å². The number of nitrogens with two attached hydrogens (primary N) is 1. The summed E-state index contributed by atoms with van der Waals surface area (Å²) in [6, 6.07) is 12.4. The summed E-state index contributed by atoms with van der Waals surface area (Å²) >= 11 is 12.7. The molecule has 1 aliphatic rings. The zero-order valence-corrected chi connectivity index (χ0v) is 18.3. The molecule has 6 nitrogen and oxygen atoms in total. The largest absolute Gasteiger partial charge is 0.480 e. The van der Waals surface area contributed by atoms with Gasteiger partial charge in [-0.05, 0) is 29.7 Å². The van der Waals surface area contributed by atoms with Crippen LogP contribution in [0.2, 0.25) is 10.0 Å². The number of carboxylic acids is 1. The summed E-state index contributed by atoms with van der Waals surface area (Å²) in [5.74, 6) is 1.08. The van der Waals surface area contributed by atoms with E-state index < -0.39 is 12.0 Å². The Balaban J connectivity index is 0.00000320. The second kappa shape index (κ2) is 9.94. The van der Waals surface area contributed by atoms with Crippen LogP contribution in [-0.4, -0.2) is 23.0 Å². The molecule has 0 fully saturated rings. The third-order valence-electron chi connectivity index (χ3n) is 4.79. The van der Waals surface area contributed by atoms with Gasteiger partial charge < -0.3 is 10.8 Å². The van der Waals surface area contributed by atoms with Crippen molar-refractivity contribution < 1.29 is 14.7 Å². The lowest BCUT2D eigenvalue weighted by molar-refractivity contribution is -0.139. The molecule has 158 valence electrons. The third-order valence-corrected chi connectivity index (χ3v) is 5.32. The van der Waals surface area contributed by atoms with E-state index in [9.17, 15) is 14.7 Å². The monoisotopic (exact) mass is 467 g/mol. The van der Waals surface area contributed by atoms with E-state index in [1.165, 1.54) is 11.9 Å². The van der Waals surface area contributed by atoms with Gasteiger partial charge in [0.15, 0.2) is 0 Å². The van der Waals surface area contributed by atoms with Crippen molar-refractivity contribution in [3.63, 3.8) is 0 Å². The van der Waals surface area contributed by atoms with Crippen molar-refractivity contribution in [2.45, 2.75) is 31.7 Å². The van der Waals surface area contributed by atoms with Crippen LogP contribution in [0.4, 0.5) is 5.69 Å². The molecular formula is C21H20Cl3N3O3. The predicted molar refractivity (Wildman–Crippen MR) is 120 cm³/mol. The molecule has 2 aromatic carbocycles. The summed E-state index contributed by atoms with van der Waals surface area (Å²) in [5, 5.41) is 11.9. The first-order valence-corrected chi connectivity index (χ1v) is 9.63. The standard InChI is InChI=1S/C21H19Cl2N3O3.ClH/c1-12(27)25-26-18-10-15(22)9-17(23)20(18)16(11-19(26)21(28)29)14-6-4-13(5-7-14)3-2-8-24;/h4-7,9-10,16,19H,3,11,24H2,1H3,(H,25,27)(H,28,29);1H/t16-,19-;/m0./s1. The quantitative estimate of drug-likeness (QED) is 0.469. The number of anilines is 1. The average molecular weight is 469 g/mol. The molecule has 9 heteroatoms. The normalized spacial score (nSPS) is 17.1. The van der Waals surface area contributed by atoms with Crippen molar-refractivity contribution in [2.75, 3.05) is 5.01 Å². The molecule has 0 spiro atoms. The highest BCUT2D eigenvalue weighted by molar-refractivity contribution is 6.35. The molecule has 0 bridgehead atoms. The highest BCUT2D eigenvalue weighted by atomic mass is 35.5.